The third-order valence-electron chi connectivity index (χ3n) is 1.42. The van der Waals surface area contributed by atoms with E-state index in [1.165, 1.54) is 0 Å². The van der Waals surface area contributed by atoms with E-state index in [0.717, 1.165) is 0 Å². The van der Waals surface area contributed by atoms with Gasteiger partial charge in [0.05, 0.1) is 0 Å². The monoisotopic (exact) mass is 229 g/mol. The minimum absolute atomic E-state index is 0.406. The highest BCUT2D eigenvalue weighted by molar-refractivity contribution is 5.67. The molecule has 7 heteroatoms. The molecule has 0 atom stereocenters. The first-order chi connectivity index (χ1) is 7.45. The summed E-state index contributed by atoms with van der Waals surface area (Å²) in [5, 5.41) is 8.97. The molecule has 0 saturated heterocycles. The molecule has 0 aromatic heterocycles. The maximum atomic E-state index is 11.2. The predicted octanol–water partition coefficient (Wildman–Crippen LogP) is 1.41. The molecule has 0 aliphatic heterocycles. The van der Waals surface area contributed by atoms with Crippen molar-refractivity contribution in [2.24, 2.45) is 5.11 Å². The minimum atomic E-state index is -0.473. The average molecular weight is 229 g/mol. The van der Waals surface area contributed by atoms with E-state index in [1.807, 2.05) is 20.8 Å². The lowest BCUT2D eigenvalue weighted by atomic mass is 10.2. The summed E-state index contributed by atoms with van der Waals surface area (Å²) in [6.45, 7) is 7.52. The number of carbonyl (C=O) groups excluding carboxylic acids is 1. The number of rotatable bonds is 6. The first kappa shape index (κ1) is 14.5. The van der Waals surface area contributed by atoms with Crippen LogP contribution in [0.5, 0.6) is 0 Å². The van der Waals surface area contributed by atoms with Gasteiger partial charge in [0.15, 0.2) is 0 Å². The van der Waals surface area contributed by atoms with E-state index in [4.69, 9.17) is 10.3 Å². The molecule has 7 nitrogen and oxygen atoms in total. The topological polar surface area (TPSA) is 99.1 Å². The fourth-order valence-electron chi connectivity index (χ4n) is 0.866. The van der Waals surface area contributed by atoms with Gasteiger partial charge in [0, 0.05) is 31.1 Å². The van der Waals surface area contributed by atoms with Crippen LogP contribution in [-0.4, -0.2) is 37.9 Å². The highest BCUT2D eigenvalue weighted by Gasteiger charge is 2.15. The second-order valence-corrected chi connectivity index (χ2v) is 4.13. The molecule has 0 fully saturated rings. The van der Waals surface area contributed by atoms with Gasteiger partial charge in [-0.15, -0.1) is 0 Å². The molecule has 0 aliphatic carbocycles. The summed E-state index contributed by atoms with van der Waals surface area (Å²) in [4.78, 5) is 13.8. The van der Waals surface area contributed by atoms with Crippen LogP contribution < -0.4 is 10.6 Å². The zero-order chi connectivity index (χ0) is 12.4. The maximum absolute atomic E-state index is 11.2. The second kappa shape index (κ2) is 7.78. The van der Waals surface area contributed by atoms with Crippen molar-refractivity contribution < 1.29 is 9.53 Å². The molecule has 2 N–H and O–H groups in total. The molecule has 0 saturated carbocycles. The molecule has 92 valence electrons. The van der Waals surface area contributed by atoms with E-state index < -0.39 is 11.7 Å². The van der Waals surface area contributed by atoms with Gasteiger partial charge in [-0.2, -0.15) is 0 Å². The van der Waals surface area contributed by atoms with Crippen molar-refractivity contribution in [1.29, 1.82) is 0 Å². The van der Waals surface area contributed by atoms with Crippen LogP contribution in [0.15, 0.2) is 5.11 Å². The van der Waals surface area contributed by atoms with Crippen molar-refractivity contribution in [3.8, 4) is 0 Å². The number of hydrogen-bond donors (Lipinski definition) is 2. The van der Waals surface area contributed by atoms with Crippen LogP contribution >= 0.6 is 0 Å². The highest BCUT2D eigenvalue weighted by atomic mass is 16.6. The molecule has 0 unspecified atom stereocenters. The Labute approximate surface area is 95.2 Å². The first-order valence-corrected chi connectivity index (χ1v) is 5.14. The van der Waals surface area contributed by atoms with Gasteiger partial charge >= 0.3 is 6.09 Å². The molecule has 16 heavy (non-hydrogen) atoms. The van der Waals surface area contributed by atoms with Crippen molar-refractivity contribution in [2.45, 2.75) is 26.4 Å². The highest BCUT2D eigenvalue weighted by Crippen LogP contribution is 2.05. The van der Waals surface area contributed by atoms with Crippen molar-refractivity contribution in [3.05, 3.63) is 10.4 Å². The summed E-state index contributed by atoms with van der Waals surface area (Å²) in [6, 6.07) is 0. The van der Waals surface area contributed by atoms with E-state index in [9.17, 15) is 4.79 Å². The maximum Gasteiger partial charge on any atom is 0.407 e. The number of nitrogens with zero attached hydrogens (tertiary/aromatic N) is 3. The zero-order valence-corrected chi connectivity index (χ0v) is 9.99. The fourth-order valence-corrected chi connectivity index (χ4v) is 0.866. The second-order valence-electron chi connectivity index (χ2n) is 4.13. The summed E-state index contributed by atoms with van der Waals surface area (Å²) >= 11 is 0. The van der Waals surface area contributed by atoms with Crippen molar-refractivity contribution in [1.82, 2.24) is 10.6 Å². The van der Waals surface area contributed by atoms with Gasteiger partial charge in [-0.05, 0) is 26.3 Å². The van der Waals surface area contributed by atoms with Crippen LogP contribution in [0.3, 0.4) is 0 Å². The van der Waals surface area contributed by atoms with E-state index >= 15 is 0 Å². The summed E-state index contributed by atoms with van der Waals surface area (Å²) in [5.74, 6) is 0. The smallest absolute Gasteiger partial charge is 0.407 e. The number of amides is 1. The summed E-state index contributed by atoms with van der Waals surface area (Å²) in [6.07, 6.45) is -0.427. The lowest BCUT2D eigenvalue weighted by Gasteiger charge is -2.19. The SMILES string of the molecule is CC(C)(C)OC(=O)NCCNCCN=[N+]=[N-]. The van der Waals surface area contributed by atoms with E-state index in [-0.39, 0.29) is 0 Å². The van der Waals surface area contributed by atoms with Crippen molar-refractivity contribution >= 4 is 6.09 Å². The molecule has 0 bridgehead atoms. The zero-order valence-electron chi connectivity index (χ0n) is 9.99. The summed E-state index contributed by atoms with van der Waals surface area (Å²) in [7, 11) is 0. The van der Waals surface area contributed by atoms with E-state index in [1.54, 1.807) is 0 Å². The molecule has 0 aromatic carbocycles. The molecular formula is C9H19N5O2. The molecular weight excluding hydrogens is 210 g/mol. The Balaban J connectivity index is 3.38. The third-order valence-corrected chi connectivity index (χ3v) is 1.42. The molecule has 0 aliphatic rings. The fraction of sp³-hybridized carbons (Fsp3) is 0.889. The van der Waals surface area contributed by atoms with E-state index in [2.05, 4.69) is 20.7 Å². The van der Waals surface area contributed by atoms with Crippen LogP contribution in [-0.2, 0) is 4.74 Å². The number of carbonyl (C=O) groups is 1. The molecule has 1 amide bonds. The average Bonchev–Trinajstić information content (AvgIpc) is 2.13. The van der Waals surface area contributed by atoms with Crippen LogP contribution in [0.4, 0.5) is 4.79 Å². The number of ether oxygens (including phenoxy) is 1. The lowest BCUT2D eigenvalue weighted by molar-refractivity contribution is 0.0528. The number of nitrogens with one attached hydrogen (secondary N) is 2. The van der Waals surface area contributed by atoms with Gasteiger partial charge in [0.25, 0.3) is 0 Å². The van der Waals surface area contributed by atoms with Crippen LogP contribution in [0, 0.1) is 0 Å². The minimum Gasteiger partial charge on any atom is -0.444 e. The molecule has 0 heterocycles. The standard InChI is InChI=1S/C9H19N5O2/c1-9(2,3)16-8(15)12-6-4-11-5-7-13-14-10/h11H,4-7H2,1-3H3,(H,12,15). The lowest BCUT2D eigenvalue weighted by Crippen LogP contribution is -2.36. The number of hydrogen-bond acceptors (Lipinski definition) is 4. The number of alkyl carbamates (subject to hydrolysis) is 1. The Hall–Kier alpha value is -1.46. The molecule has 0 aromatic rings. The van der Waals surface area contributed by atoms with Gasteiger partial charge < -0.3 is 15.4 Å². The molecule has 0 spiro atoms. The predicted molar refractivity (Wildman–Crippen MR) is 61.1 cm³/mol. The van der Waals surface area contributed by atoms with Gasteiger partial charge in [0.1, 0.15) is 5.60 Å². The Morgan fingerprint density at radius 1 is 1.38 bits per heavy atom. The Morgan fingerprint density at radius 2 is 2.06 bits per heavy atom. The van der Waals surface area contributed by atoms with Crippen LogP contribution in [0.1, 0.15) is 20.8 Å². The van der Waals surface area contributed by atoms with Gasteiger partial charge in [-0.3, -0.25) is 0 Å². The third kappa shape index (κ3) is 10.6. The van der Waals surface area contributed by atoms with Crippen molar-refractivity contribution in [3.63, 3.8) is 0 Å². The van der Waals surface area contributed by atoms with Crippen LogP contribution in [0.2, 0.25) is 0 Å². The van der Waals surface area contributed by atoms with Crippen molar-refractivity contribution in [2.75, 3.05) is 26.2 Å². The quantitative estimate of drug-likeness (QED) is 0.312. The largest absolute Gasteiger partial charge is 0.444 e. The van der Waals surface area contributed by atoms with Crippen LogP contribution in [0.25, 0.3) is 10.4 Å². The Kier molecular flexibility index (Phi) is 7.07. The normalized spacial score (nSPS) is 10.4. The van der Waals surface area contributed by atoms with Gasteiger partial charge in [0.2, 0.25) is 0 Å². The molecule has 0 rings (SSSR count). The van der Waals surface area contributed by atoms with E-state index in [0.29, 0.717) is 26.2 Å². The first-order valence-electron chi connectivity index (χ1n) is 5.14. The Morgan fingerprint density at radius 3 is 2.62 bits per heavy atom. The van der Waals surface area contributed by atoms with Gasteiger partial charge in [-0.25, -0.2) is 4.79 Å². The molecule has 0 radical (unpaired) electrons. The summed E-state index contributed by atoms with van der Waals surface area (Å²) < 4.78 is 5.04. The number of azide groups is 1. The van der Waals surface area contributed by atoms with Gasteiger partial charge in [-0.1, -0.05) is 5.11 Å². The summed E-state index contributed by atoms with van der Waals surface area (Å²) in [5.41, 5.74) is 7.53. The Bertz CT molecular complexity index is 255.